The Labute approximate surface area is 143 Å². The van der Waals surface area contributed by atoms with E-state index in [2.05, 4.69) is 5.32 Å². The Balaban J connectivity index is 1.51. The number of benzene rings is 1. The van der Waals surface area contributed by atoms with E-state index in [4.69, 9.17) is 0 Å². The second kappa shape index (κ2) is 7.63. The predicted molar refractivity (Wildman–Crippen MR) is 92.0 cm³/mol. The van der Waals surface area contributed by atoms with E-state index in [1.54, 1.807) is 35.2 Å². The van der Waals surface area contributed by atoms with Gasteiger partial charge in [-0.05, 0) is 44.0 Å². The zero-order valence-electron chi connectivity index (χ0n) is 13.9. The molecule has 1 atom stereocenters. The summed E-state index contributed by atoms with van der Waals surface area (Å²) in [6.45, 7) is 3.76. The number of carbonyl (C=O) groups excluding carboxylic acids is 1. The van der Waals surface area contributed by atoms with Gasteiger partial charge in [0, 0.05) is 32.6 Å². The van der Waals surface area contributed by atoms with Gasteiger partial charge in [-0.2, -0.15) is 4.31 Å². The summed E-state index contributed by atoms with van der Waals surface area (Å²) >= 11 is 0. The van der Waals surface area contributed by atoms with Gasteiger partial charge in [-0.1, -0.05) is 18.2 Å². The molecule has 1 aromatic carbocycles. The summed E-state index contributed by atoms with van der Waals surface area (Å²) < 4.78 is 26.6. The molecular formula is C17H25N3O3S. The molecule has 0 spiro atoms. The Bertz CT molecular complexity index is 649. The average Bonchev–Trinajstić information content (AvgIpc) is 3.14. The van der Waals surface area contributed by atoms with E-state index in [0.29, 0.717) is 43.4 Å². The number of nitrogens with zero attached hydrogens (tertiary/aromatic N) is 2. The summed E-state index contributed by atoms with van der Waals surface area (Å²) in [5.74, 6) is 0.757. The maximum Gasteiger partial charge on any atom is 0.243 e. The summed E-state index contributed by atoms with van der Waals surface area (Å²) in [4.78, 5) is 14.4. The van der Waals surface area contributed by atoms with Crippen LogP contribution in [0.1, 0.15) is 19.3 Å². The second-order valence-corrected chi connectivity index (χ2v) is 8.43. The Hall–Kier alpha value is -1.44. The highest BCUT2D eigenvalue weighted by molar-refractivity contribution is 7.89. The number of rotatable bonds is 5. The molecule has 2 aliphatic heterocycles. The average molecular weight is 351 g/mol. The molecule has 0 aromatic heterocycles. The highest BCUT2D eigenvalue weighted by Crippen LogP contribution is 2.19. The predicted octanol–water partition coefficient (Wildman–Crippen LogP) is 0.909. The van der Waals surface area contributed by atoms with Crippen LogP contribution in [0, 0.1) is 5.92 Å². The van der Waals surface area contributed by atoms with Crippen molar-refractivity contribution in [2.75, 3.05) is 39.3 Å². The number of sulfonamides is 1. The minimum atomic E-state index is -3.45. The van der Waals surface area contributed by atoms with E-state index in [1.807, 2.05) is 0 Å². The monoisotopic (exact) mass is 351 g/mol. The molecule has 132 valence electrons. The topological polar surface area (TPSA) is 69.7 Å². The minimum Gasteiger partial charge on any atom is -0.340 e. The maximum absolute atomic E-state index is 12.6. The first-order valence-corrected chi connectivity index (χ1v) is 10.0. The van der Waals surface area contributed by atoms with E-state index < -0.39 is 10.0 Å². The van der Waals surface area contributed by atoms with Crippen LogP contribution >= 0.6 is 0 Å². The number of nitrogens with one attached hydrogen (secondary N) is 1. The molecule has 0 radical (unpaired) electrons. The molecule has 3 rings (SSSR count). The standard InChI is InChI=1S/C17H25N3O3S/c21-17(7-6-15-8-9-18-14-15)19-10-12-20(13-11-19)24(22,23)16-4-2-1-3-5-16/h1-5,15,18H,6-14H2. The normalized spacial score (nSPS) is 22.7. The molecule has 24 heavy (non-hydrogen) atoms. The molecule has 0 aliphatic carbocycles. The first-order chi connectivity index (χ1) is 11.6. The van der Waals surface area contributed by atoms with Crippen LogP contribution in [0.5, 0.6) is 0 Å². The Morgan fingerprint density at radius 1 is 1.12 bits per heavy atom. The molecule has 0 bridgehead atoms. The smallest absolute Gasteiger partial charge is 0.243 e. The number of carbonyl (C=O) groups is 1. The van der Waals surface area contributed by atoms with Crippen molar-refractivity contribution in [3.8, 4) is 0 Å². The van der Waals surface area contributed by atoms with Gasteiger partial charge in [-0.15, -0.1) is 0 Å². The van der Waals surface area contributed by atoms with E-state index in [-0.39, 0.29) is 5.91 Å². The van der Waals surface area contributed by atoms with E-state index in [9.17, 15) is 13.2 Å². The van der Waals surface area contributed by atoms with Crippen LogP contribution < -0.4 is 5.32 Å². The van der Waals surface area contributed by atoms with Crippen molar-refractivity contribution in [3.63, 3.8) is 0 Å². The lowest BCUT2D eigenvalue weighted by molar-refractivity contribution is -0.132. The van der Waals surface area contributed by atoms with Gasteiger partial charge in [0.2, 0.25) is 15.9 Å². The third-order valence-corrected chi connectivity index (χ3v) is 6.81. The Kier molecular flexibility index (Phi) is 5.53. The third kappa shape index (κ3) is 3.96. The fourth-order valence-electron chi connectivity index (χ4n) is 3.37. The minimum absolute atomic E-state index is 0.152. The van der Waals surface area contributed by atoms with Crippen LogP contribution in [-0.2, 0) is 14.8 Å². The highest BCUT2D eigenvalue weighted by Gasteiger charge is 2.30. The fraction of sp³-hybridized carbons (Fsp3) is 0.588. The van der Waals surface area contributed by atoms with Gasteiger partial charge in [0.05, 0.1) is 4.90 Å². The lowest BCUT2D eigenvalue weighted by Crippen LogP contribution is -2.50. The first-order valence-electron chi connectivity index (χ1n) is 8.61. The van der Waals surface area contributed by atoms with Crippen LogP contribution in [0.15, 0.2) is 35.2 Å². The molecular weight excluding hydrogens is 326 g/mol. The largest absolute Gasteiger partial charge is 0.340 e. The van der Waals surface area contributed by atoms with Gasteiger partial charge < -0.3 is 10.2 Å². The summed E-state index contributed by atoms with van der Waals surface area (Å²) in [7, 11) is -3.45. The summed E-state index contributed by atoms with van der Waals surface area (Å²) in [5.41, 5.74) is 0. The Morgan fingerprint density at radius 2 is 1.83 bits per heavy atom. The van der Waals surface area contributed by atoms with Crippen LogP contribution in [0.3, 0.4) is 0 Å². The molecule has 2 saturated heterocycles. The van der Waals surface area contributed by atoms with E-state index >= 15 is 0 Å². The second-order valence-electron chi connectivity index (χ2n) is 6.50. The molecule has 2 aliphatic rings. The van der Waals surface area contributed by atoms with Crippen molar-refractivity contribution in [2.24, 2.45) is 5.92 Å². The van der Waals surface area contributed by atoms with Crippen LogP contribution in [-0.4, -0.2) is 62.8 Å². The molecule has 1 aromatic rings. The van der Waals surface area contributed by atoms with E-state index in [1.165, 1.54) is 4.31 Å². The molecule has 2 heterocycles. The van der Waals surface area contributed by atoms with Gasteiger partial charge in [0.15, 0.2) is 0 Å². The number of hydrogen-bond acceptors (Lipinski definition) is 4. The number of hydrogen-bond donors (Lipinski definition) is 1. The van der Waals surface area contributed by atoms with Crippen LogP contribution in [0.25, 0.3) is 0 Å². The summed E-state index contributed by atoms with van der Waals surface area (Å²) in [6.07, 6.45) is 2.64. The van der Waals surface area contributed by atoms with Gasteiger partial charge in [0.25, 0.3) is 0 Å². The molecule has 1 amide bonds. The zero-order chi connectivity index (χ0) is 17.0. The van der Waals surface area contributed by atoms with Crippen LogP contribution in [0.4, 0.5) is 0 Å². The van der Waals surface area contributed by atoms with Crippen molar-refractivity contribution >= 4 is 15.9 Å². The Morgan fingerprint density at radius 3 is 2.46 bits per heavy atom. The molecule has 6 nitrogen and oxygen atoms in total. The molecule has 2 fully saturated rings. The van der Waals surface area contributed by atoms with Crippen molar-refractivity contribution < 1.29 is 13.2 Å². The molecule has 1 N–H and O–H groups in total. The number of piperazine rings is 1. The molecule has 1 unspecified atom stereocenters. The van der Waals surface area contributed by atoms with Gasteiger partial charge >= 0.3 is 0 Å². The van der Waals surface area contributed by atoms with Gasteiger partial charge in [0.1, 0.15) is 0 Å². The quantitative estimate of drug-likeness (QED) is 0.856. The zero-order valence-corrected chi connectivity index (χ0v) is 14.7. The van der Waals surface area contributed by atoms with E-state index in [0.717, 1.165) is 25.9 Å². The van der Waals surface area contributed by atoms with Gasteiger partial charge in [-0.25, -0.2) is 8.42 Å². The first kappa shape index (κ1) is 17.4. The SMILES string of the molecule is O=C(CCC1CCNC1)N1CCN(S(=O)(=O)c2ccccc2)CC1. The maximum atomic E-state index is 12.6. The van der Waals surface area contributed by atoms with Gasteiger partial charge in [-0.3, -0.25) is 4.79 Å². The summed E-state index contributed by atoms with van der Waals surface area (Å²) in [5, 5.41) is 3.32. The molecule has 7 heteroatoms. The van der Waals surface area contributed by atoms with Crippen molar-refractivity contribution in [1.82, 2.24) is 14.5 Å². The lowest BCUT2D eigenvalue weighted by atomic mass is 10.0. The number of amides is 1. The molecule has 0 saturated carbocycles. The lowest BCUT2D eigenvalue weighted by Gasteiger charge is -2.34. The van der Waals surface area contributed by atoms with Crippen molar-refractivity contribution in [3.05, 3.63) is 30.3 Å². The highest BCUT2D eigenvalue weighted by atomic mass is 32.2. The fourth-order valence-corrected chi connectivity index (χ4v) is 4.81. The van der Waals surface area contributed by atoms with Crippen molar-refractivity contribution in [2.45, 2.75) is 24.2 Å². The summed E-state index contributed by atoms with van der Waals surface area (Å²) in [6, 6.07) is 8.48. The third-order valence-electron chi connectivity index (χ3n) is 4.90. The van der Waals surface area contributed by atoms with Crippen molar-refractivity contribution in [1.29, 1.82) is 0 Å². The van der Waals surface area contributed by atoms with Crippen LogP contribution in [0.2, 0.25) is 0 Å².